The number of aromatic hydroxyl groups is 1. The van der Waals surface area contributed by atoms with Crippen LogP contribution in [0.5, 0.6) is 5.88 Å². The van der Waals surface area contributed by atoms with Gasteiger partial charge in [0.2, 0.25) is 0 Å². The lowest BCUT2D eigenvalue weighted by molar-refractivity contribution is 0.106. The van der Waals surface area contributed by atoms with Gasteiger partial charge in [-0.1, -0.05) is 35.5 Å². The molecule has 7 nitrogen and oxygen atoms in total. The molecule has 0 radical (unpaired) electrons. The quantitative estimate of drug-likeness (QED) is 0.396. The van der Waals surface area contributed by atoms with Gasteiger partial charge in [0.25, 0.3) is 0 Å². The van der Waals surface area contributed by atoms with E-state index in [1.165, 1.54) is 0 Å². The summed E-state index contributed by atoms with van der Waals surface area (Å²) in [5.41, 5.74) is 4.43. The molecule has 3 N–H and O–H groups in total. The summed E-state index contributed by atoms with van der Waals surface area (Å²) >= 11 is 3.54. The molecule has 0 amide bonds. The fraction of sp³-hybridized carbons (Fsp3) is 0.273. The van der Waals surface area contributed by atoms with Crippen molar-refractivity contribution in [1.29, 1.82) is 0 Å². The van der Waals surface area contributed by atoms with E-state index in [-0.39, 0.29) is 5.88 Å². The number of aromatic nitrogens is 1. The molecule has 5 rings (SSSR count). The highest BCUT2D eigenvalue weighted by molar-refractivity contribution is 9.10. The van der Waals surface area contributed by atoms with Crippen molar-refractivity contribution in [2.75, 3.05) is 39.3 Å². The normalized spacial score (nSPS) is 18.0. The van der Waals surface area contributed by atoms with Crippen LogP contribution in [0.1, 0.15) is 11.1 Å². The van der Waals surface area contributed by atoms with Crippen LogP contribution in [0.2, 0.25) is 0 Å². The van der Waals surface area contributed by atoms with E-state index in [0.29, 0.717) is 23.6 Å². The first kappa shape index (κ1) is 19.3. The largest absolute Gasteiger partial charge is 0.494 e. The van der Waals surface area contributed by atoms with Gasteiger partial charge in [-0.3, -0.25) is 4.90 Å². The summed E-state index contributed by atoms with van der Waals surface area (Å²) < 4.78 is 0.878. The molecule has 0 atom stereocenters. The number of halogens is 1. The molecule has 2 aliphatic heterocycles. The predicted octanol–water partition coefficient (Wildman–Crippen LogP) is 3.40. The van der Waals surface area contributed by atoms with Crippen molar-refractivity contribution in [3.8, 4) is 5.88 Å². The van der Waals surface area contributed by atoms with Crippen LogP contribution in [-0.2, 0) is 4.84 Å². The van der Waals surface area contributed by atoms with Crippen molar-refractivity contribution in [3.05, 3.63) is 58.1 Å². The molecule has 0 bridgehead atoms. The second-order valence-corrected chi connectivity index (χ2v) is 8.21. The smallest absolute Gasteiger partial charge is 0.199 e. The van der Waals surface area contributed by atoms with Crippen LogP contribution < -0.4 is 5.32 Å². The van der Waals surface area contributed by atoms with Crippen molar-refractivity contribution < 1.29 is 9.94 Å². The standard InChI is InChI=1S/C22H22BrN5O2/c23-16-6-3-5-15-18(22(29)26-19(15)16)21-20(14-4-1-2-7-17(14)25-21)27-30-13-12-28-10-8-24-9-11-28/h1-7,24,26,29H,8-13H2/b27-20-. The number of fused-ring (bicyclic) bond motifs is 2. The molecule has 2 aliphatic rings. The molecule has 3 heterocycles. The van der Waals surface area contributed by atoms with Gasteiger partial charge in [-0.05, 0) is 28.1 Å². The summed E-state index contributed by atoms with van der Waals surface area (Å²) in [7, 11) is 0. The maximum absolute atomic E-state index is 10.7. The minimum atomic E-state index is 0.0666. The molecule has 1 aromatic heterocycles. The average molecular weight is 468 g/mol. The topological polar surface area (TPSA) is 85.2 Å². The first-order valence-electron chi connectivity index (χ1n) is 10.0. The number of nitrogens with one attached hydrogen (secondary N) is 2. The van der Waals surface area contributed by atoms with E-state index in [1.807, 2.05) is 42.5 Å². The number of rotatable bonds is 5. The van der Waals surface area contributed by atoms with Crippen molar-refractivity contribution in [1.82, 2.24) is 15.2 Å². The van der Waals surface area contributed by atoms with Crippen molar-refractivity contribution >= 4 is 43.9 Å². The second-order valence-electron chi connectivity index (χ2n) is 7.35. The molecule has 0 saturated carbocycles. The predicted molar refractivity (Wildman–Crippen MR) is 122 cm³/mol. The molecular formula is C22H22BrN5O2. The molecule has 1 saturated heterocycles. The van der Waals surface area contributed by atoms with Crippen LogP contribution in [0.3, 0.4) is 0 Å². The van der Waals surface area contributed by atoms with E-state index >= 15 is 0 Å². The molecule has 30 heavy (non-hydrogen) atoms. The van der Waals surface area contributed by atoms with Crippen LogP contribution in [0, 0.1) is 0 Å². The van der Waals surface area contributed by atoms with Gasteiger partial charge in [0.05, 0.1) is 16.8 Å². The number of piperazine rings is 1. The van der Waals surface area contributed by atoms with Crippen LogP contribution >= 0.6 is 15.9 Å². The highest BCUT2D eigenvalue weighted by atomic mass is 79.9. The SMILES string of the molecule is Oc1[nH]c2c(Br)cccc2c1C1=Nc2ccccc2/C1=N/OCCN1CCNCC1. The Morgan fingerprint density at radius 2 is 1.97 bits per heavy atom. The average Bonchev–Trinajstić information content (AvgIpc) is 3.29. The van der Waals surface area contributed by atoms with Gasteiger partial charge in [-0.2, -0.15) is 0 Å². The molecule has 0 spiro atoms. The number of para-hydroxylation sites is 2. The first-order valence-corrected chi connectivity index (χ1v) is 10.8. The third kappa shape index (κ3) is 3.51. The Labute approximate surface area is 182 Å². The molecule has 154 valence electrons. The third-order valence-electron chi connectivity index (χ3n) is 5.48. The Hall–Kier alpha value is -2.68. The zero-order valence-electron chi connectivity index (χ0n) is 16.4. The zero-order valence-corrected chi connectivity index (χ0v) is 17.9. The number of H-pyrrole nitrogens is 1. The van der Waals surface area contributed by atoms with Crippen molar-refractivity contribution in [2.24, 2.45) is 10.1 Å². The molecule has 8 heteroatoms. The highest BCUT2D eigenvalue weighted by Gasteiger charge is 2.29. The Kier molecular flexibility index (Phi) is 5.28. The third-order valence-corrected chi connectivity index (χ3v) is 6.14. The lowest BCUT2D eigenvalue weighted by Crippen LogP contribution is -2.44. The maximum atomic E-state index is 10.7. The first-order chi connectivity index (χ1) is 14.7. The zero-order chi connectivity index (χ0) is 20.5. The highest BCUT2D eigenvalue weighted by Crippen LogP contribution is 2.37. The fourth-order valence-electron chi connectivity index (χ4n) is 3.96. The van der Waals surface area contributed by atoms with Crippen LogP contribution in [0.15, 0.2) is 57.1 Å². The minimum absolute atomic E-state index is 0.0666. The molecule has 2 aromatic carbocycles. The van der Waals surface area contributed by atoms with Gasteiger partial charge in [0.1, 0.15) is 18.0 Å². The van der Waals surface area contributed by atoms with E-state index in [2.05, 4.69) is 36.3 Å². The van der Waals surface area contributed by atoms with Gasteiger partial charge in [-0.15, -0.1) is 0 Å². The van der Waals surface area contributed by atoms with Crippen LogP contribution in [0.25, 0.3) is 10.9 Å². The van der Waals surface area contributed by atoms with Gasteiger partial charge < -0.3 is 20.2 Å². The Morgan fingerprint density at radius 3 is 2.83 bits per heavy atom. The van der Waals surface area contributed by atoms with E-state index in [4.69, 9.17) is 9.83 Å². The number of hydrogen-bond acceptors (Lipinski definition) is 6. The molecule has 3 aromatic rings. The number of oxime groups is 1. The maximum Gasteiger partial charge on any atom is 0.199 e. The summed E-state index contributed by atoms with van der Waals surface area (Å²) in [6, 6.07) is 13.7. The number of aliphatic imine (C=N–C) groups is 1. The summed E-state index contributed by atoms with van der Waals surface area (Å²) in [5, 5.41) is 19.4. The Morgan fingerprint density at radius 1 is 1.13 bits per heavy atom. The van der Waals surface area contributed by atoms with Crippen LogP contribution in [-0.4, -0.2) is 65.7 Å². The second kappa shape index (κ2) is 8.22. The van der Waals surface area contributed by atoms with E-state index in [1.54, 1.807) is 0 Å². The Balaban J connectivity index is 1.47. The van der Waals surface area contributed by atoms with Gasteiger partial charge in [-0.25, -0.2) is 4.99 Å². The molecule has 1 fully saturated rings. The number of aromatic amines is 1. The van der Waals surface area contributed by atoms with Gasteiger partial charge >= 0.3 is 0 Å². The Bertz CT molecular complexity index is 1150. The van der Waals surface area contributed by atoms with Gasteiger partial charge in [0.15, 0.2) is 5.88 Å². The van der Waals surface area contributed by atoms with Crippen molar-refractivity contribution in [3.63, 3.8) is 0 Å². The summed E-state index contributed by atoms with van der Waals surface area (Å²) in [6.45, 7) is 5.39. The lowest BCUT2D eigenvalue weighted by Gasteiger charge is -2.26. The number of hydrogen-bond donors (Lipinski definition) is 3. The van der Waals surface area contributed by atoms with E-state index in [9.17, 15) is 5.11 Å². The van der Waals surface area contributed by atoms with E-state index in [0.717, 1.165) is 59.4 Å². The minimum Gasteiger partial charge on any atom is -0.494 e. The molecule has 0 unspecified atom stereocenters. The number of nitrogens with zero attached hydrogens (tertiary/aromatic N) is 3. The van der Waals surface area contributed by atoms with Gasteiger partial charge in [0, 0.05) is 48.1 Å². The van der Waals surface area contributed by atoms with Crippen molar-refractivity contribution in [2.45, 2.75) is 0 Å². The summed E-state index contributed by atoms with van der Waals surface area (Å²) in [5.74, 6) is 0.0666. The molecular weight excluding hydrogens is 446 g/mol. The summed E-state index contributed by atoms with van der Waals surface area (Å²) in [6.07, 6.45) is 0. The summed E-state index contributed by atoms with van der Waals surface area (Å²) in [4.78, 5) is 15.9. The lowest BCUT2D eigenvalue weighted by atomic mass is 10.0. The fourth-order valence-corrected chi connectivity index (χ4v) is 4.43. The van der Waals surface area contributed by atoms with Crippen LogP contribution in [0.4, 0.5) is 5.69 Å². The molecule has 0 aliphatic carbocycles. The van der Waals surface area contributed by atoms with E-state index < -0.39 is 0 Å². The number of benzene rings is 2. The monoisotopic (exact) mass is 467 g/mol.